The highest BCUT2D eigenvalue weighted by Crippen LogP contribution is 1.95. The van der Waals surface area contributed by atoms with Gasteiger partial charge in [0.1, 0.15) is 0 Å². The first-order chi connectivity index (χ1) is 5.31. The minimum absolute atomic E-state index is 0.285. The van der Waals surface area contributed by atoms with E-state index in [1.165, 1.54) is 0 Å². The monoisotopic (exact) mass is 195 g/mol. The normalized spacial score (nSPS) is 11.7. The fourth-order valence-electron chi connectivity index (χ4n) is 0.530. The van der Waals surface area contributed by atoms with Gasteiger partial charge in [-0.15, -0.1) is 0 Å². The maximum absolute atomic E-state index is 10.7. The van der Waals surface area contributed by atoms with Gasteiger partial charge >= 0.3 is 5.97 Å². The summed E-state index contributed by atoms with van der Waals surface area (Å²) >= 11 is 0. The van der Waals surface area contributed by atoms with Crippen molar-refractivity contribution >= 4 is 16.1 Å². The zero-order valence-corrected chi connectivity index (χ0v) is 7.76. The Morgan fingerprint density at radius 1 is 1.50 bits per heavy atom. The van der Waals surface area contributed by atoms with Crippen molar-refractivity contribution in [2.24, 2.45) is 0 Å². The van der Waals surface area contributed by atoms with Gasteiger partial charge in [0.15, 0.2) is 0 Å². The summed E-state index contributed by atoms with van der Waals surface area (Å²) in [6.07, 6.45) is -0.656. The molecule has 0 saturated carbocycles. The molecule has 0 saturated heterocycles. The largest absolute Gasteiger partial charge is 0.748 e. The predicted molar refractivity (Wildman–Crippen MR) is 40.4 cm³/mol. The molecular formula is C6H11O5S-. The topological polar surface area (TPSA) is 83.5 Å². The van der Waals surface area contributed by atoms with Crippen molar-refractivity contribution < 1.29 is 22.5 Å². The molecule has 0 aromatic heterocycles. The van der Waals surface area contributed by atoms with Crippen LogP contribution in [0.3, 0.4) is 0 Å². The standard InChI is InChI=1S/C6H12O5S/c1-5(2)11-6(7)3-4-12(8,9)10/h5H,3-4H2,1-2H3,(H,8,9,10)/p-1. The second kappa shape index (κ2) is 4.42. The Hall–Kier alpha value is -0.620. The molecule has 0 atom stereocenters. The van der Waals surface area contributed by atoms with Crippen LogP contribution < -0.4 is 0 Å². The van der Waals surface area contributed by atoms with Gasteiger partial charge in [-0.05, 0) is 13.8 Å². The summed E-state index contributed by atoms with van der Waals surface area (Å²) in [5, 5.41) is 0. The molecule has 0 spiro atoms. The number of hydrogen-bond donors (Lipinski definition) is 0. The molecular weight excluding hydrogens is 184 g/mol. The molecule has 0 unspecified atom stereocenters. The zero-order valence-electron chi connectivity index (χ0n) is 6.94. The minimum Gasteiger partial charge on any atom is -0.748 e. The maximum atomic E-state index is 10.7. The molecule has 0 aromatic carbocycles. The van der Waals surface area contributed by atoms with Gasteiger partial charge in [0.05, 0.1) is 22.6 Å². The average Bonchev–Trinajstić information content (AvgIpc) is 1.80. The summed E-state index contributed by atoms with van der Waals surface area (Å²) in [4.78, 5) is 10.7. The third-order valence-corrected chi connectivity index (χ3v) is 1.63. The lowest BCUT2D eigenvalue weighted by molar-refractivity contribution is -0.146. The third-order valence-electron chi connectivity index (χ3n) is 0.923. The molecule has 5 nitrogen and oxygen atoms in total. The van der Waals surface area contributed by atoms with Crippen molar-refractivity contribution in [3.05, 3.63) is 0 Å². The Morgan fingerprint density at radius 3 is 2.33 bits per heavy atom. The van der Waals surface area contributed by atoms with E-state index in [0.29, 0.717) is 0 Å². The number of carbonyl (C=O) groups excluding carboxylic acids is 1. The van der Waals surface area contributed by atoms with E-state index in [1.54, 1.807) is 13.8 Å². The molecule has 0 aliphatic rings. The molecule has 6 heteroatoms. The highest BCUT2D eigenvalue weighted by molar-refractivity contribution is 7.85. The van der Waals surface area contributed by atoms with E-state index in [1.807, 2.05) is 0 Å². The lowest BCUT2D eigenvalue weighted by Gasteiger charge is -2.08. The average molecular weight is 195 g/mol. The van der Waals surface area contributed by atoms with Gasteiger partial charge in [0.25, 0.3) is 0 Å². The van der Waals surface area contributed by atoms with Gasteiger partial charge in [0, 0.05) is 5.75 Å². The number of ether oxygens (including phenoxy) is 1. The van der Waals surface area contributed by atoms with Crippen LogP contribution in [0, 0.1) is 0 Å². The summed E-state index contributed by atoms with van der Waals surface area (Å²) < 4.78 is 34.8. The zero-order chi connectivity index (χ0) is 9.78. The Bertz CT molecular complexity index is 241. The van der Waals surface area contributed by atoms with Crippen LogP contribution in [-0.4, -0.2) is 30.8 Å². The fraction of sp³-hybridized carbons (Fsp3) is 0.833. The maximum Gasteiger partial charge on any atom is 0.307 e. The molecule has 0 aliphatic carbocycles. The van der Waals surface area contributed by atoms with E-state index in [4.69, 9.17) is 0 Å². The molecule has 12 heavy (non-hydrogen) atoms. The first-order valence-electron chi connectivity index (χ1n) is 3.44. The van der Waals surface area contributed by atoms with E-state index < -0.39 is 21.8 Å². The lowest BCUT2D eigenvalue weighted by Crippen LogP contribution is -2.15. The molecule has 0 N–H and O–H groups in total. The van der Waals surface area contributed by atoms with Crippen molar-refractivity contribution in [3.8, 4) is 0 Å². The van der Waals surface area contributed by atoms with E-state index >= 15 is 0 Å². The highest BCUT2D eigenvalue weighted by Gasteiger charge is 2.06. The van der Waals surface area contributed by atoms with Crippen LogP contribution in [-0.2, 0) is 19.6 Å². The SMILES string of the molecule is CC(C)OC(=O)CCS(=O)(=O)[O-]. The first kappa shape index (κ1) is 11.4. The number of carbonyl (C=O) groups is 1. The number of rotatable bonds is 4. The molecule has 0 bridgehead atoms. The van der Waals surface area contributed by atoms with Crippen LogP contribution in [0.2, 0.25) is 0 Å². The highest BCUT2D eigenvalue weighted by atomic mass is 32.2. The van der Waals surface area contributed by atoms with Gasteiger partial charge in [-0.25, -0.2) is 8.42 Å². The Morgan fingerprint density at radius 2 is 2.00 bits per heavy atom. The van der Waals surface area contributed by atoms with Crippen LogP contribution in [0.15, 0.2) is 0 Å². The predicted octanol–water partition coefficient (Wildman–Crippen LogP) is -0.127. The Balaban J connectivity index is 3.73. The van der Waals surface area contributed by atoms with E-state index in [0.717, 1.165) is 0 Å². The molecule has 0 rings (SSSR count). The van der Waals surface area contributed by atoms with Crippen molar-refractivity contribution in [1.82, 2.24) is 0 Å². The summed E-state index contributed by atoms with van der Waals surface area (Å²) in [5.41, 5.74) is 0. The third kappa shape index (κ3) is 7.49. The van der Waals surface area contributed by atoms with Crippen LogP contribution in [0.25, 0.3) is 0 Å². The second-order valence-electron chi connectivity index (χ2n) is 2.55. The van der Waals surface area contributed by atoms with Crippen LogP contribution in [0.5, 0.6) is 0 Å². The van der Waals surface area contributed by atoms with E-state index in [2.05, 4.69) is 4.74 Å². The van der Waals surface area contributed by atoms with Gasteiger partial charge in [-0.2, -0.15) is 0 Å². The number of esters is 1. The summed E-state index contributed by atoms with van der Waals surface area (Å²) in [6, 6.07) is 0. The summed E-state index contributed by atoms with van der Waals surface area (Å²) in [7, 11) is -4.31. The lowest BCUT2D eigenvalue weighted by atomic mass is 10.4. The van der Waals surface area contributed by atoms with Crippen molar-refractivity contribution in [2.75, 3.05) is 5.75 Å². The summed E-state index contributed by atoms with van der Waals surface area (Å²) in [6.45, 7) is 3.28. The van der Waals surface area contributed by atoms with Crippen molar-refractivity contribution in [2.45, 2.75) is 26.4 Å². The molecule has 0 radical (unpaired) electrons. The van der Waals surface area contributed by atoms with Crippen LogP contribution >= 0.6 is 0 Å². The second-order valence-corrected chi connectivity index (χ2v) is 4.07. The van der Waals surface area contributed by atoms with Crippen molar-refractivity contribution in [1.29, 1.82) is 0 Å². The van der Waals surface area contributed by atoms with Crippen molar-refractivity contribution in [3.63, 3.8) is 0 Å². The smallest absolute Gasteiger partial charge is 0.307 e. The molecule has 0 aromatic rings. The molecule has 0 amide bonds. The Labute approximate surface area is 71.5 Å². The van der Waals surface area contributed by atoms with E-state index in [-0.39, 0.29) is 12.5 Å². The quantitative estimate of drug-likeness (QED) is 0.461. The molecule has 0 fully saturated rings. The molecule has 72 valence electrons. The molecule has 0 heterocycles. The van der Waals surface area contributed by atoms with E-state index in [9.17, 15) is 17.8 Å². The van der Waals surface area contributed by atoms with Gasteiger partial charge in [-0.1, -0.05) is 0 Å². The van der Waals surface area contributed by atoms with Crippen LogP contribution in [0.4, 0.5) is 0 Å². The first-order valence-corrected chi connectivity index (χ1v) is 5.02. The van der Waals surface area contributed by atoms with Gasteiger partial charge in [-0.3, -0.25) is 4.79 Å². The fourth-order valence-corrected chi connectivity index (χ4v) is 0.947. The van der Waals surface area contributed by atoms with Gasteiger partial charge in [0.2, 0.25) is 0 Å². The minimum atomic E-state index is -4.31. The Kier molecular flexibility index (Phi) is 4.19. The van der Waals surface area contributed by atoms with Crippen LogP contribution in [0.1, 0.15) is 20.3 Å². The van der Waals surface area contributed by atoms with Gasteiger partial charge < -0.3 is 9.29 Å². The number of hydrogen-bond acceptors (Lipinski definition) is 5. The molecule has 0 aliphatic heterocycles. The summed E-state index contributed by atoms with van der Waals surface area (Å²) in [5.74, 6) is -1.36.